The number of nitrogens with one attached hydrogen (secondary N) is 1. The van der Waals surface area contributed by atoms with E-state index >= 15 is 0 Å². The van der Waals surface area contributed by atoms with Crippen LogP contribution in [0.3, 0.4) is 0 Å². The van der Waals surface area contributed by atoms with Crippen molar-refractivity contribution in [1.29, 1.82) is 0 Å². The molecule has 0 aliphatic heterocycles. The number of anilines is 1. The van der Waals surface area contributed by atoms with Gasteiger partial charge in [-0.1, -0.05) is 6.07 Å². The van der Waals surface area contributed by atoms with Crippen LogP contribution in [0.25, 0.3) is 5.65 Å². The normalized spacial score (nSPS) is 10.7. The lowest BCUT2D eigenvalue weighted by molar-refractivity contribution is -0.115. The van der Waals surface area contributed by atoms with Gasteiger partial charge < -0.3 is 19.2 Å². The van der Waals surface area contributed by atoms with Crippen LogP contribution in [-0.2, 0) is 11.2 Å². The van der Waals surface area contributed by atoms with Crippen LogP contribution < -0.4 is 14.8 Å². The number of methoxy groups -OCH3 is 2. The Morgan fingerprint density at radius 1 is 1.16 bits per heavy atom. The van der Waals surface area contributed by atoms with Gasteiger partial charge in [0.25, 0.3) is 0 Å². The van der Waals surface area contributed by atoms with Gasteiger partial charge >= 0.3 is 0 Å². The van der Waals surface area contributed by atoms with E-state index in [1.807, 2.05) is 48.7 Å². The number of imidazole rings is 1. The lowest BCUT2D eigenvalue weighted by Gasteiger charge is -2.10. The van der Waals surface area contributed by atoms with Crippen LogP contribution in [0.1, 0.15) is 17.0 Å². The number of carbonyl (C=O) groups excluding carboxylic acids is 1. The molecular weight excluding hydrogens is 318 g/mol. The van der Waals surface area contributed by atoms with Gasteiger partial charge in [-0.15, -0.1) is 0 Å². The summed E-state index contributed by atoms with van der Waals surface area (Å²) in [5.41, 5.74) is 4.30. The smallest absolute Gasteiger partial charge is 0.228 e. The maximum absolute atomic E-state index is 12.5. The van der Waals surface area contributed by atoms with Crippen molar-refractivity contribution in [3.05, 3.63) is 53.5 Å². The van der Waals surface area contributed by atoms with Crippen LogP contribution in [0, 0.1) is 13.8 Å². The molecule has 0 unspecified atom stereocenters. The molecule has 1 N–H and O–H groups in total. The van der Waals surface area contributed by atoms with Crippen LogP contribution in [0.15, 0.2) is 36.5 Å². The first-order chi connectivity index (χ1) is 12.0. The van der Waals surface area contributed by atoms with Crippen LogP contribution in [0.4, 0.5) is 5.69 Å². The number of hydrogen-bond donors (Lipinski definition) is 1. The Balaban J connectivity index is 1.80. The predicted octanol–water partition coefficient (Wildman–Crippen LogP) is 3.15. The summed E-state index contributed by atoms with van der Waals surface area (Å²) < 4.78 is 12.5. The first-order valence-electron chi connectivity index (χ1n) is 7.98. The van der Waals surface area contributed by atoms with Crippen LogP contribution in [0.5, 0.6) is 11.5 Å². The lowest BCUT2D eigenvalue weighted by Crippen LogP contribution is -2.15. The summed E-state index contributed by atoms with van der Waals surface area (Å²) in [5, 5.41) is 2.95. The fourth-order valence-corrected chi connectivity index (χ4v) is 2.77. The second-order valence-electron chi connectivity index (χ2n) is 5.81. The third-order valence-corrected chi connectivity index (χ3v) is 4.21. The molecule has 1 aromatic carbocycles. The van der Waals surface area contributed by atoms with Gasteiger partial charge in [0.15, 0.2) is 17.1 Å². The van der Waals surface area contributed by atoms with E-state index in [-0.39, 0.29) is 12.3 Å². The number of nitrogens with zero attached hydrogens (tertiary/aromatic N) is 2. The van der Waals surface area contributed by atoms with E-state index in [0.29, 0.717) is 17.2 Å². The number of ether oxygens (including phenoxy) is 2. The molecule has 0 aliphatic carbocycles. The molecule has 0 bridgehead atoms. The SMILES string of the molecule is COc1ccc(CC(=O)Nc2cccn3c(C)c(C)nc23)cc1OC. The monoisotopic (exact) mass is 339 g/mol. The summed E-state index contributed by atoms with van der Waals surface area (Å²) >= 11 is 0. The Labute approximate surface area is 146 Å². The zero-order valence-electron chi connectivity index (χ0n) is 14.8. The standard InChI is InChI=1S/C19H21N3O3/c1-12-13(2)22-9-5-6-15(19(22)20-12)21-18(23)11-14-7-8-16(24-3)17(10-14)25-4/h5-10H,11H2,1-4H3,(H,21,23). The number of carbonyl (C=O) groups is 1. The molecule has 0 saturated carbocycles. The molecule has 2 heterocycles. The topological polar surface area (TPSA) is 64.9 Å². The molecule has 3 aromatic rings. The van der Waals surface area contributed by atoms with Crippen molar-refractivity contribution in [2.45, 2.75) is 20.3 Å². The molecule has 0 atom stereocenters. The first kappa shape index (κ1) is 16.8. The van der Waals surface area contributed by atoms with E-state index in [2.05, 4.69) is 10.3 Å². The number of fused-ring (bicyclic) bond motifs is 1. The van der Waals surface area contributed by atoms with Gasteiger partial charge in [0.05, 0.1) is 32.0 Å². The van der Waals surface area contributed by atoms with Crippen LogP contribution >= 0.6 is 0 Å². The molecular formula is C19H21N3O3. The lowest BCUT2D eigenvalue weighted by atomic mass is 10.1. The molecule has 0 spiro atoms. The Morgan fingerprint density at radius 3 is 2.64 bits per heavy atom. The molecule has 0 radical (unpaired) electrons. The van der Waals surface area contributed by atoms with E-state index in [0.717, 1.165) is 22.6 Å². The molecule has 1 amide bonds. The van der Waals surface area contributed by atoms with Gasteiger partial charge in [0.2, 0.25) is 5.91 Å². The average molecular weight is 339 g/mol. The molecule has 130 valence electrons. The third kappa shape index (κ3) is 3.28. The van der Waals surface area contributed by atoms with E-state index in [1.54, 1.807) is 20.3 Å². The van der Waals surface area contributed by atoms with Gasteiger partial charge in [0.1, 0.15) is 0 Å². The minimum Gasteiger partial charge on any atom is -0.493 e. The van der Waals surface area contributed by atoms with Crippen molar-refractivity contribution in [3.8, 4) is 11.5 Å². The molecule has 2 aromatic heterocycles. The van der Waals surface area contributed by atoms with Crippen molar-refractivity contribution in [2.24, 2.45) is 0 Å². The molecule has 0 fully saturated rings. The summed E-state index contributed by atoms with van der Waals surface area (Å²) in [5.74, 6) is 1.13. The number of aromatic nitrogens is 2. The molecule has 0 aliphatic rings. The molecule has 0 saturated heterocycles. The highest BCUT2D eigenvalue weighted by Crippen LogP contribution is 2.28. The van der Waals surface area contributed by atoms with E-state index < -0.39 is 0 Å². The zero-order chi connectivity index (χ0) is 18.0. The number of pyridine rings is 1. The Bertz CT molecular complexity index is 931. The number of amides is 1. The Morgan fingerprint density at radius 2 is 1.92 bits per heavy atom. The number of benzene rings is 1. The van der Waals surface area contributed by atoms with Crippen LogP contribution in [0.2, 0.25) is 0 Å². The van der Waals surface area contributed by atoms with Gasteiger partial charge in [-0.2, -0.15) is 0 Å². The van der Waals surface area contributed by atoms with Crippen LogP contribution in [-0.4, -0.2) is 29.5 Å². The second kappa shape index (κ2) is 6.84. The van der Waals surface area contributed by atoms with E-state index in [4.69, 9.17) is 9.47 Å². The Hall–Kier alpha value is -3.02. The summed E-state index contributed by atoms with van der Waals surface area (Å²) in [6.45, 7) is 3.96. The molecule has 6 heteroatoms. The van der Waals surface area contributed by atoms with Crippen molar-refractivity contribution in [3.63, 3.8) is 0 Å². The molecule has 3 rings (SSSR count). The minimum absolute atomic E-state index is 0.112. The van der Waals surface area contributed by atoms with Crippen molar-refractivity contribution in [1.82, 2.24) is 9.38 Å². The van der Waals surface area contributed by atoms with E-state index in [1.165, 1.54) is 0 Å². The number of rotatable bonds is 5. The first-order valence-corrected chi connectivity index (χ1v) is 7.98. The third-order valence-electron chi connectivity index (χ3n) is 4.21. The van der Waals surface area contributed by atoms with Gasteiger partial charge in [-0.25, -0.2) is 4.98 Å². The van der Waals surface area contributed by atoms with Gasteiger partial charge in [-0.05, 0) is 43.7 Å². The number of hydrogen-bond acceptors (Lipinski definition) is 4. The molecule has 6 nitrogen and oxygen atoms in total. The summed E-state index contributed by atoms with van der Waals surface area (Å²) in [7, 11) is 3.16. The maximum atomic E-state index is 12.5. The average Bonchev–Trinajstić information content (AvgIpc) is 2.90. The Kier molecular flexibility index (Phi) is 4.61. The van der Waals surface area contributed by atoms with Crippen molar-refractivity contribution >= 4 is 17.2 Å². The minimum atomic E-state index is -0.112. The zero-order valence-corrected chi connectivity index (χ0v) is 14.8. The summed E-state index contributed by atoms with van der Waals surface area (Å²) in [6, 6.07) is 9.21. The second-order valence-corrected chi connectivity index (χ2v) is 5.81. The molecule has 25 heavy (non-hydrogen) atoms. The maximum Gasteiger partial charge on any atom is 0.228 e. The van der Waals surface area contributed by atoms with E-state index in [9.17, 15) is 4.79 Å². The largest absolute Gasteiger partial charge is 0.493 e. The quantitative estimate of drug-likeness (QED) is 0.775. The fourth-order valence-electron chi connectivity index (χ4n) is 2.77. The predicted molar refractivity (Wildman–Crippen MR) is 96.5 cm³/mol. The van der Waals surface area contributed by atoms with Crippen molar-refractivity contribution < 1.29 is 14.3 Å². The summed E-state index contributed by atoms with van der Waals surface area (Å²) in [4.78, 5) is 17.0. The highest BCUT2D eigenvalue weighted by Gasteiger charge is 2.12. The fraction of sp³-hybridized carbons (Fsp3) is 0.263. The highest BCUT2D eigenvalue weighted by molar-refractivity contribution is 5.95. The summed E-state index contributed by atoms with van der Waals surface area (Å²) in [6.07, 6.45) is 2.18. The van der Waals surface area contributed by atoms with Gasteiger partial charge in [-0.3, -0.25) is 4.79 Å². The highest BCUT2D eigenvalue weighted by atomic mass is 16.5. The van der Waals surface area contributed by atoms with Gasteiger partial charge in [0, 0.05) is 11.9 Å². The number of aryl methyl sites for hydroxylation is 2. The van der Waals surface area contributed by atoms with Crippen molar-refractivity contribution in [2.75, 3.05) is 19.5 Å².